The quantitative estimate of drug-likeness (QED) is 0.699. The highest BCUT2D eigenvalue weighted by Gasteiger charge is 2.10. The van der Waals surface area contributed by atoms with Gasteiger partial charge in [-0.2, -0.15) is 0 Å². The second-order valence-corrected chi connectivity index (χ2v) is 4.87. The van der Waals surface area contributed by atoms with Gasteiger partial charge in [0.15, 0.2) is 0 Å². The van der Waals surface area contributed by atoms with Gasteiger partial charge in [0.1, 0.15) is 11.2 Å². The summed E-state index contributed by atoms with van der Waals surface area (Å²) in [6.45, 7) is 3.90. The average molecular weight is 262 g/mol. The Morgan fingerprint density at radius 3 is 2.94 bits per heavy atom. The van der Waals surface area contributed by atoms with Crippen molar-refractivity contribution < 1.29 is 4.42 Å². The Kier molecular flexibility index (Phi) is 2.48. The number of hydrogen-bond donors (Lipinski definition) is 0. The summed E-state index contributed by atoms with van der Waals surface area (Å²) >= 11 is 1.41. The summed E-state index contributed by atoms with van der Waals surface area (Å²) < 4.78 is 7.39. The van der Waals surface area contributed by atoms with Crippen LogP contribution in [0.3, 0.4) is 0 Å². The van der Waals surface area contributed by atoms with E-state index in [1.54, 1.807) is 6.92 Å². The minimum Gasteiger partial charge on any atom is -0.424 e. The van der Waals surface area contributed by atoms with Crippen LogP contribution in [-0.2, 0) is 6.54 Å². The van der Waals surface area contributed by atoms with Crippen LogP contribution in [0.5, 0.6) is 0 Å². The molecule has 0 aliphatic carbocycles. The van der Waals surface area contributed by atoms with Crippen LogP contribution >= 0.6 is 11.3 Å². The van der Waals surface area contributed by atoms with Crippen molar-refractivity contribution in [1.82, 2.24) is 19.7 Å². The molecule has 0 amide bonds. The van der Waals surface area contributed by atoms with E-state index in [1.165, 1.54) is 22.2 Å². The summed E-state index contributed by atoms with van der Waals surface area (Å²) in [5, 5.41) is 9.53. The smallest absolute Gasteiger partial charge is 0.271 e. The minimum atomic E-state index is -0.0750. The van der Waals surface area contributed by atoms with Gasteiger partial charge in [-0.3, -0.25) is 9.36 Å². The lowest BCUT2D eigenvalue weighted by Gasteiger charge is -2.01. The van der Waals surface area contributed by atoms with E-state index in [0.717, 1.165) is 11.1 Å². The highest BCUT2D eigenvalue weighted by molar-refractivity contribution is 7.17. The first-order valence-electron chi connectivity index (χ1n) is 5.37. The summed E-state index contributed by atoms with van der Waals surface area (Å²) in [4.78, 5) is 16.5. The van der Waals surface area contributed by atoms with Gasteiger partial charge in [-0.1, -0.05) is 0 Å². The van der Waals surface area contributed by atoms with Gasteiger partial charge in [0.2, 0.25) is 11.8 Å². The van der Waals surface area contributed by atoms with Crippen molar-refractivity contribution in [2.45, 2.75) is 20.4 Å². The van der Waals surface area contributed by atoms with Crippen molar-refractivity contribution >= 4 is 21.6 Å². The maximum atomic E-state index is 12.2. The highest BCUT2D eigenvalue weighted by atomic mass is 32.1. The lowest BCUT2D eigenvalue weighted by atomic mass is 10.3. The molecule has 0 radical (unpaired) electrons. The van der Waals surface area contributed by atoms with Crippen LogP contribution in [0.15, 0.2) is 20.9 Å². The van der Waals surface area contributed by atoms with Crippen molar-refractivity contribution in [3.8, 4) is 0 Å². The average Bonchev–Trinajstić information content (AvgIpc) is 2.91. The molecular weight excluding hydrogens is 252 g/mol. The lowest BCUT2D eigenvalue weighted by Crippen LogP contribution is -2.20. The van der Waals surface area contributed by atoms with E-state index in [-0.39, 0.29) is 12.1 Å². The lowest BCUT2D eigenvalue weighted by molar-refractivity contribution is 0.451. The number of thiophene rings is 1. The minimum absolute atomic E-state index is 0.0750. The van der Waals surface area contributed by atoms with Crippen LogP contribution in [0, 0.1) is 13.8 Å². The summed E-state index contributed by atoms with van der Waals surface area (Å²) in [6.07, 6.45) is 1.52. The zero-order chi connectivity index (χ0) is 12.7. The van der Waals surface area contributed by atoms with Gasteiger partial charge < -0.3 is 4.42 Å². The Hall–Kier alpha value is -2.02. The number of nitrogens with zero attached hydrogens (tertiary/aromatic N) is 4. The van der Waals surface area contributed by atoms with Crippen LogP contribution in [0.4, 0.5) is 0 Å². The molecule has 0 aliphatic rings. The molecule has 7 heteroatoms. The maximum absolute atomic E-state index is 12.2. The molecule has 0 spiro atoms. The third-order valence-electron chi connectivity index (χ3n) is 2.60. The third-order valence-corrected chi connectivity index (χ3v) is 3.67. The van der Waals surface area contributed by atoms with E-state index in [1.807, 2.05) is 12.3 Å². The number of fused-ring (bicyclic) bond motifs is 1. The van der Waals surface area contributed by atoms with Gasteiger partial charge in [-0.15, -0.1) is 21.5 Å². The Labute approximate surface area is 106 Å². The van der Waals surface area contributed by atoms with Gasteiger partial charge in [0, 0.05) is 6.92 Å². The molecule has 6 nitrogen and oxygen atoms in total. The second kappa shape index (κ2) is 4.02. The Balaban J connectivity index is 2.07. The fourth-order valence-electron chi connectivity index (χ4n) is 1.72. The molecule has 0 aliphatic heterocycles. The Morgan fingerprint density at radius 1 is 1.39 bits per heavy atom. The topological polar surface area (TPSA) is 73.8 Å². The molecule has 0 unspecified atom stereocenters. The molecule has 3 heterocycles. The molecule has 3 aromatic rings. The first-order chi connectivity index (χ1) is 8.65. The summed E-state index contributed by atoms with van der Waals surface area (Å²) in [7, 11) is 0. The second-order valence-electron chi connectivity index (χ2n) is 3.99. The van der Waals surface area contributed by atoms with Gasteiger partial charge in [-0.25, -0.2) is 4.98 Å². The zero-order valence-corrected chi connectivity index (χ0v) is 10.7. The summed E-state index contributed by atoms with van der Waals surface area (Å²) in [5.41, 5.74) is 1.71. The normalized spacial score (nSPS) is 11.2. The predicted octanol–water partition coefficient (Wildman–Crippen LogP) is 1.51. The number of rotatable bonds is 2. The van der Waals surface area contributed by atoms with Crippen molar-refractivity contribution in [1.29, 1.82) is 0 Å². The SMILES string of the molecule is Cc1nnc(Cn2cnc3c(C)csc3c2=O)o1. The summed E-state index contributed by atoms with van der Waals surface area (Å²) in [6, 6.07) is 0. The van der Waals surface area contributed by atoms with Crippen molar-refractivity contribution in [3.05, 3.63) is 39.4 Å². The number of hydrogen-bond acceptors (Lipinski definition) is 6. The van der Waals surface area contributed by atoms with E-state index < -0.39 is 0 Å². The number of aromatic nitrogens is 4. The van der Waals surface area contributed by atoms with Gasteiger partial charge >= 0.3 is 0 Å². The molecule has 0 aromatic carbocycles. The Morgan fingerprint density at radius 2 is 2.22 bits per heavy atom. The standard InChI is InChI=1S/C11H10N4O2S/c1-6-4-18-10-9(6)12-5-15(11(10)16)3-8-14-13-7(2)17-8/h4-5H,3H2,1-2H3. The van der Waals surface area contributed by atoms with Gasteiger partial charge in [-0.05, 0) is 17.9 Å². The molecular formula is C11H10N4O2S. The van der Waals surface area contributed by atoms with Crippen molar-refractivity contribution in [2.75, 3.05) is 0 Å². The van der Waals surface area contributed by atoms with Crippen molar-refractivity contribution in [2.24, 2.45) is 0 Å². The number of aryl methyl sites for hydroxylation is 2. The Bertz CT molecular complexity index is 771. The van der Waals surface area contributed by atoms with Crippen LogP contribution in [-0.4, -0.2) is 19.7 Å². The van der Waals surface area contributed by atoms with E-state index in [0.29, 0.717) is 16.5 Å². The monoisotopic (exact) mass is 262 g/mol. The predicted molar refractivity (Wildman–Crippen MR) is 66.8 cm³/mol. The first-order valence-corrected chi connectivity index (χ1v) is 6.25. The molecule has 0 bridgehead atoms. The molecule has 0 saturated heterocycles. The van der Waals surface area contributed by atoms with Crippen LogP contribution < -0.4 is 5.56 Å². The molecule has 0 saturated carbocycles. The van der Waals surface area contributed by atoms with Crippen LogP contribution in [0.1, 0.15) is 17.3 Å². The first kappa shape index (κ1) is 11.1. The molecule has 3 aromatic heterocycles. The van der Waals surface area contributed by atoms with Crippen LogP contribution in [0.2, 0.25) is 0 Å². The van der Waals surface area contributed by atoms with Crippen LogP contribution in [0.25, 0.3) is 10.2 Å². The molecule has 0 fully saturated rings. The fourth-order valence-corrected chi connectivity index (χ4v) is 2.67. The van der Waals surface area contributed by atoms with Gasteiger partial charge in [0.25, 0.3) is 5.56 Å². The third kappa shape index (κ3) is 1.72. The summed E-state index contributed by atoms with van der Waals surface area (Å²) in [5.74, 6) is 0.892. The van der Waals surface area contributed by atoms with E-state index in [2.05, 4.69) is 15.2 Å². The fraction of sp³-hybridized carbons (Fsp3) is 0.273. The zero-order valence-electron chi connectivity index (χ0n) is 9.88. The maximum Gasteiger partial charge on any atom is 0.271 e. The van der Waals surface area contributed by atoms with Crippen molar-refractivity contribution in [3.63, 3.8) is 0 Å². The molecule has 0 N–H and O–H groups in total. The van der Waals surface area contributed by atoms with Gasteiger partial charge in [0.05, 0.1) is 11.8 Å². The highest BCUT2D eigenvalue weighted by Crippen LogP contribution is 2.19. The van der Waals surface area contributed by atoms with E-state index in [9.17, 15) is 4.79 Å². The molecule has 0 atom stereocenters. The largest absolute Gasteiger partial charge is 0.424 e. The molecule has 92 valence electrons. The van der Waals surface area contributed by atoms with E-state index >= 15 is 0 Å². The van der Waals surface area contributed by atoms with E-state index in [4.69, 9.17) is 4.42 Å². The molecule has 3 rings (SSSR count). The molecule has 18 heavy (non-hydrogen) atoms.